The number of hydrogen-bond donors (Lipinski definition) is 2. The Hall–Kier alpha value is -3.43. The maximum absolute atomic E-state index is 12.7. The summed E-state index contributed by atoms with van der Waals surface area (Å²) >= 11 is 0. The number of carbonyl (C=O) groups is 1. The molecule has 0 bridgehead atoms. The van der Waals surface area contributed by atoms with Crippen molar-refractivity contribution in [3.63, 3.8) is 0 Å². The van der Waals surface area contributed by atoms with Crippen LogP contribution in [0.3, 0.4) is 0 Å². The highest BCUT2D eigenvalue weighted by Gasteiger charge is 2.18. The van der Waals surface area contributed by atoms with Crippen LogP contribution >= 0.6 is 0 Å². The first-order valence-corrected chi connectivity index (χ1v) is 11.7. The Morgan fingerprint density at radius 1 is 1.12 bits per heavy atom. The van der Waals surface area contributed by atoms with Crippen molar-refractivity contribution in [2.75, 3.05) is 6.54 Å². The molecule has 2 aromatic heterocycles. The molecule has 9 heteroatoms. The Morgan fingerprint density at radius 3 is 2.78 bits per heavy atom. The molecule has 2 heterocycles. The van der Waals surface area contributed by atoms with Crippen molar-refractivity contribution in [1.82, 2.24) is 19.6 Å². The number of aryl methyl sites for hydroxylation is 2. The topological polar surface area (TPSA) is 106 Å². The van der Waals surface area contributed by atoms with Gasteiger partial charge < -0.3 is 14.3 Å². The third-order valence-electron chi connectivity index (χ3n) is 5.17. The maximum atomic E-state index is 12.7. The van der Waals surface area contributed by atoms with Gasteiger partial charge in [-0.1, -0.05) is 18.2 Å². The highest BCUT2D eigenvalue weighted by molar-refractivity contribution is 7.89. The lowest BCUT2D eigenvalue weighted by Gasteiger charge is -2.11. The number of rotatable bonds is 9. The van der Waals surface area contributed by atoms with E-state index >= 15 is 0 Å². The number of carbonyl (C=O) groups excluding carboxylic acids is 1. The molecule has 166 valence electrons. The second-order valence-corrected chi connectivity index (χ2v) is 9.18. The second kappa shape index (κ2) is 9.37. The van der Waals surface area contributed by atoms with E-state index in [1.54, 1.807) is 31.5 Å². The Labute approximate surface area is 186 Å². The number of amides is 1. The molecule has 32 heavy (non-hydrogen) atoms. The molecule has 0 saturated heterocycles. The first-order chi connectivity index (χ1) is 15.4. The lowest BCUT2D eigenvalue weighted by Crippen LogP contribution is -2.27. The van der Waals surface area contributed by atoms with Crippen molar-refractivity contribution >= 4 is 27.0 Å². The van der Waals surface area contributed by atoms with Crippen LogP contribution in [-0.2, 0) is 23.1 Å². The summed E-state index contributed by atoms with van der Waals surface area (Å²) in [6.07, 6.45) is 3.99. The lowest BCUT2D eigenvalue weighted by atomic mass is 10.1. The summed E-state index contributed by atoms with van der Waals surface area (Å²) in [5, 5.41) is 2.88. The van der Waals surface area contributed by atoms with Crippen LogP contribution in [0.4, 0.5) is 0 Å². The number of nitrogens with zero attached hydrogens (tertiary/aromatic N) is 2. The average Bonchev–Trinajstić information content (AvgIpc) is 3.45. The van der Waals surface area contributed by atoms with Gasteiger partial charge in [0, 0.05) is 18.7 Å². The zero-order valence-corrected chi connectivity index (χ0v) is 18.4. The van der Waals surface area contributed by atoms with Gasteiger partial charge in [-0.15, -0.1) is 0 Å². The molecule has 0 unspecified atom stereocenters. The van der Waals surface area contributed by atoms with E-state index in [1.807, 2.05) is 28.8 Å². The quantitative estimate of drug-likeness (QED) is 0.379. The van der Waals surface area contributed by atoms with E-state index in [0.29, 0.717) is 36.4 Å². The van der Waals surface area contributed by atoms with Gasteiger partial charge in [0.1, 0.15) is 5.76 Å². The summed E-state index contributed by atoms with van der Waals surface area (Å²) in [5.41, 5.74) is 3.02. The molecule has 4 aromatic rings. The minimum Gasteiger partial charge on any atom is -0.468 e. The van der Waals surface area contributed by atoms with E-state index < -0.39 is 10.0 Å². The van der Waals surface area contributed by atoms with E-state index in [9.17, 15) is 13.2 Å². The number of imidazole rings is 1. The summed E-state index contributed by atoms with van der Waals surface area (Å²) in [7, 11) is -3.79. The predicted octanol–water partition coefficient (Wildman–Crippen LogP) is 3.24. The van der Waals surface area contributed by atoms with Crippen LogP contribution in [0.25, 0.3) is 11.0 Å². The summed E-state index contributed by atoms with van der Waals surface area (Å²) in [4.78, 5) is 17.1. The largest absolute Gasteiger partial charge is 0.468 e. The van der Waals surface area contributed by atoms with Gasteiger partial charge in [0.05, 0.1) is 35.1 Å². The molecule has 1 amide bonds. The SMILES string of the molecule is Cc1ccc(S(=O)(=O)NCc2ccco2)cc1C(=O)NCCCn1cnc2ccccc21. The van der Waals surface area contributed by atoms with E-state index in [4.69, 9.17) is 4.42 Å². The standard InChI is InChI=1S/C23H24N4O4S/c1-17-9-10-19(32(29,30)26-15-18-6-4-13-31-18)14-20(17)23(28)24-11-5-12-27-16-25-21-7-2-3-8-22(21)27/h2-4,6-10,13-14,16,26H,5,11-12,15H2,1H3,(H,24,28). The number of benzene rings is 2. The molecule has 0 aliphatic rings. The van der Waals surface area contributed by atoms with Crippen molar-refractivity contribution < 1.29 is 17.6 Å². The average molecular weight is 453 g/mol. The molecular formula is C23H24N4O4S. The number of sulfonamides is 1. The number of fused-ring (bicyclic) bond motifs is 1. The van der Waals surface area contributed by atoms with Gasteiger partial charge >= 0.3 is 0 Å². The van der Waals surface area contributed by atoms with Crippen molar-refractivity contribution in [3.8, 4) is 0 Å². The van der Waals surface area contributed by atoms with Gasteiger partial charge in [-0.25, -0.2) is 18.1 Å². The van der Waals surface area contributed by atoms with E-state index in [0.717, 1.165) is 11.0 Å². The van der Waals surface area contributed by atoms with E-state index in [-0.39, 0.29) is 17.3 Å². The van der Waals surface area contributed by atoms with Gasteiger partial charge in [-0.3, -0.25) is 4.79 Å². The zero-order chi connectivity index (χ0) is 22.6. The van der Waals surface area contributed by atoms with Gasteiger partial charge in [0.25, 0.3) is 5.91 Å². The Balaban J connectivity index is 1.36. The number of aromatic nitrogens is 2. The van der Waals surface area contributed by atoms with Crippen LogP contribution in [0.1, 0.15) is 28.1 Å². The normalized spacial score (nSPS) is 11.7. The molecule has 0 atom stereocenters. The minimum atomic E-state index is -3.79. The maximum Gasteiger partial charge on any atom is 0.251 e. The molecule has 0 radical (unpaired) electrons. The lowest BCUT2D eigenvalue weighted by molar-refractivity contribution is 0.0952. The van der Waals surface area contributed by atoms with Gasteiger partial charge in [0.15, 0.2) is 0 Å². The van der Waals surface area contributed by atoms with Crippen LogP contribution in [0, 0.1) is 6.92 Å². The van der Waals surface area contributed by atoms with Crippen molar-refractivity contribution in [2.24, 2.45) is 0 Å². The Kier molecular flexibility index (Phi) is 6.38. The van der Waals surface area contributed by atoms with Gasteiger partial charge in [-0.05, 0) is 55.3 Å². The van der Waals surface area contributed by atoms with Crippen molar-refractivity contribution in [2.45, 2.75) is 31.3 Å². The second-order valence-electron chi connectivity index (χ2n) is 7.42. The number of nitrogens with one attached hydrogen (secondary N) is 2. The number of para-hydroxylation sites is 2. The zero-order valence-electron chi connectivity index (χ0n) is 17.6. The first kappa shape index (κ1) is 21.8. The molecular weight excluding hydrogens is 428 g/mol. The van der Waals surface area contributed by atoms with Crippen LogP contribution < -0.4 is 10.0 Å². The molecule has 2 aromatic carbocycles. The summed E-state index contributed by atoms with van der Waals surface area (Å²) < 4.78 is 34.9. The molecule has 2 N–H and O–H groups in total. The Morgan fingerprint density at radius 2 is 1.97 bits per heavy atom. The predicted molar refractivity (Wildman–Crippen MR) is 121 cm³/mol. The van der Waals surface area contributed by atoms with Crippen LogP contribution in [0.5, 0.6) is 0 Å². The van der Waals surface area contributed by atoms with Crippen molar-refractivity contribution in [3.05, 3.63) is 84.1 Å². The van der Waals surface area contributed by atoms with E-state index in [1.165, 1.54) is 18.4 Å². The number of hydrogen-bond acceptors (Lipinski definition) is 5. The molecule has 4 rings (SSSR count). The van der Waals surface area contributed by atoms with Crippen LogP contribution in [0.15, 0.2) is 76.5 Å². The summed E-state index contributed by atoms with van der Waals surface area (Å²) in [6, 6.07) is 15.8. The molecule has 0 saturated carbocycles. The summed E-state index contributed by atoms with van der Waals surface area (Å²) in [6.45, 7) is 2.98. The third-order valence-corrected chi connectivity index (χ3v) is 6.57. The fourth-order valence-corrected chi connectivity index (χ4v) is 4.43. The highest BCUT2D eigenvalue weighted by Crippen LogP contribution is 2.17. The molecule has 0 aliphatic carbocycles. The Bertz CT molecular complexity index is 1330. The molecule has 0 fully saturated rings. The monoisotopic (exact) mass is 452 g/mol. The van der Waals surface area contributed by atoms with Crippen LogP contribution in [0.2, 0.25) is 0 Å². The smallest absolute Gasteiger partial charge is 0.251 e. The van der Waals surface area contributed by atoms with E-state index in [2.05, 4.69) is 15.0 Å². The fraction of sp³-hybridized carbons (Fsp3) is 0.217. The van der Waals surface area contributed by atoms with Gasteiger partial charge in [-0.2, -0.15) is 0 Å². The first-order valence-electron chi connectivity index (χ1n) is 10.2. The highest BCUT2D eigenvalue weighted by atomic mass is 32.2. The number of furan rings is 1. The molecule has 0 aliphatic heterocycles. The minimum absolute atomic E-state index is 0.0321. The molecule has 0 spiro atoms. The van der Waals surface area contributed by atoms with Crippen LogP contribution in [-0.4, -0.2) is 30.4 Å². The van der Waals surface area contributed by atoms with Crippen molar-refractivity contribution in [1.29, 1.82) is 0 Å². The molecule has 8 nitrogen and oxygen atoms in total. The van der Waals surface area contributed by atoms with Gasteiger partial charge in [0.2, 0.25) is 10.0 Å². The summed E-state index contributed by atoms with van der Waals surface area (Å²) in [5.74, 6) is 0.199. The third kappa shape index (κ3) is 4.90. The fourth-order valence-electron chi connectivity index (χ4n) is 3.41.